The van der Waals surface area contributed by atoms with Crippen LogP contribution in [0, 0.1) is 0 Å². The van der Waals surface area contributed by atoms with E-state index in [4.69, 9.17) is 4.74 Å². The molecule has 0 aromatic heterocycles. The van der Waals surface area contributed by atoms with Crippen LogP contribution in [-0.2, 0) is 9.53 Å². The number of carbonyl (C=O) groups is 1. The number of hydrogen-bond acceptors (Lipinski definition) is 2. The maximum absolute atomic E-state index is 11.8. The smallest absolute Gasteiger partial charge is 0.306 e. The highest BCUT2D eigenvalue weighted by Crippen LogP contribution is 2.15. The molecule has 2 nitrogen and oxygen atoms in total. The first-order chi connectivity index (χ1) is 9.74. The van der Waals surface area contributed by atoms with Gasteiger partial charge in [0, 0.05) is 6.42 Å². The van der Waals surface area contributed by atoms with Crippen molar-refractivity contribution in [2.45, 2.75) is 110 Å². The Kier molecular flexibility index (Phi) is 14.5. The van der Waals surface area contributed by atoms with E-state index in [9.17, 15) is 4.79 Å². The first-order valence-electron chi connectivity index (χ1n) is 8.94. The van der Waals surface area contributed by atoms with Crippen molar-refractivity contribution >= 4 is 5.97 Å². The van der Waals surface area contributed by atoms with Gasteiger partial charge in [-0.1, -0.05) is 72.1 Å². The van der Waals surface area contributed by atoms with Gasteiger partial charge >= 0.3 is 5.97 Å². The Morgan fingerprint density at radius 3 is 1.90 bits per heavy atom. The summed E-state index contributed by atoms with van der Waals surface area (Å²) in [6.45, 7) is 6.61. The third-order valence-electron chi connectivity index (χ3n) is 3.79. The van der Waals surface area contributed by atoms with Crippen molar-refractivity contribution in [3.63, 3.8) is 0 Å². The van der Waals surface area contributed by atoms with Gasteiger partial charge in [0.05, 0.1) is 0 Å². The van der Waals surface area contributed by atoms with Crippen molar-refractivity contribution in [1.82, 2.24) is 0 Å². The van der Waals surface area contributed by atoms with Gasteiger partial charge < -0.3 is 4.74 Å². The molecule has 0 fully saturated rings. The summed E-state index contributed by atoms with van der Waals surface area (Å²) >= 11 is 0. The highest BCUT2D eigenvalue weighted by atomic mass is 16.5. The molecule has 0 bridgehead atoms. The van der Waals surface area contributed by atoms with E-state index in [0.717, 1.165) is 25.7 Å². The Hall–Kier alpha value is -0.530. The van der Waals surface area contributed by atoms with Crippen molar-refractivity contribution < 1.29 is 9.53 Å². The largest absolute Gasteiger partial charge is 0.462 e. The third-order valence-corrected chi connectivity index (χ3v) is 3.79. The topological polar surface area (TPSA) is 26.3 Å². The number of ether oxygens (including phenoxy) is 1. The molecule has 0 rings (SSSR count). The van der Waals surface area contributed by atoms with Gasteiger partial charge in [0.25, 0.3) is 0 Å². The van der Waals surface area contributed by atoms with Gasteiger partial charge in [0.2, 0.25) is 0 Å². The Morgan fingerprint density at radius 1 is 0.750 bits per heavy atom. The first kappa shape index (κ1) is 19.5. The average Bonchev–Trinajstić information content (AvgIpc) is 2.45. The van der Waals surface area contributed by atoms with Crippen LogP contribution in [-0.4, -0.2) is 12.1 Å². The lowest BCUT2D eigenvalue weighted by Crippen LogP contribution is -2.18. The van der Waals surface area contributed by atoms with Crippen molar-refractivity contribution in [2.75, 3.05) is 0 Å². The molecule has 120 valence electrons. The number of carbonyl (C=O) groups excluding carboxylic acids is 1. The van der Waals surface area contributed by atoms with Gasteiger partial charge in [-0.3, -0.25) is 4.79 Å². The fourth-order valence-corrected chi connectivity index (χ4v) is 2.43. The molecule has 0 N–H and O–H groups in total. The summed E-state index contributed by atoms with van der Waals surface area (Å²) in [6.07, 6.45) is 14.8. The third kappa shape index (κ3) is 12.5. The quantitative estimate of drug-likeness (QED) is 0.287. The molecule has 20 heavy (non-hydrogen) atoms. The molecule has 2 heteroatoms. The zero-order chi connectivity index (χ0) is 15.1. The number of rotatable bonds is 14. The van der Waals surface area contributed by atoms with E-state index in [1.807, 2.05) is 0 Å². The SMILES string of the molecule is CCCCCCC(=O)OC(CCCC)CCCCCC. The Balaban J connectivity index is 3.84. The summed E-state index contributed by atoms with van der Waals surface area (Å²) < 4.78 is 5.67. The number of hydrogen-bond donors (Lipinski definition) is 0. The lowest BCUT2D eigenvalue weighted by molar-refractivity contribution is -0.150. The molecule has 0 aromatic carbocycles. The van der Waals surface area contributed by atoms with E-state index >= 15 is 0 Å². The van der Waals surface area contributed by atoms with Crippen LogP contribution in [0.4, 0.5) is 0 Å². The van der Waals surface area contributed by atoms with Crippen LogP contribution in [0.15, 0.2) is 0 Å². The second-order valence-electron chi connectivity index (χ2n) is 5.91. The van der Waals surface area contributed by atoms with E-state index in [2.05, 4.69) is 20.8 Å². The minimum atomic E-state index is 0.0256. The van der Waals surface area contributed by atoms with Crippen LogP contribution in [0.25, 0.3) is 0 Å². The predicted molar refractivity (Wildman–Crippen MR) is 86.9 cm³/mol. The molecule has 0 spiro atoms. The van der Waals surface area contributed by atoms with E-state index in [1.165, 1.54) is 51.4 Å². The second kappa shape index (κ2) is 14.9. The molecule has 1 unspecified atom stereocenters. The molecule has 0 saturated carbocycles. The molecule has 0 saturated heterocycles. The second-order valence-corrected chi connectivity index (χ2v) is 5.91. The lowest BCUT2D eigenvalue weighted by Gasteiger charge is -2.17. The van der Waals surface area contributed by atoms with Gasteiger partial charge in [-0.15, -0.1) is 0 Å². The van der Waals surface area contributed by atoms with E-state index in [0.29, 0.717) is 6.42 Å². The molecule has 0 aliphatic carbocycles. The molecule has 1 atom stereocenters. The minimum Gasteiger partial charge on any atom is -0.462 e. The van der Waals surface area contributed by atoms with Gasteiger partial charge in [-0.05, 0) is 25.7 Å². The van der Waals surface area contributed by atoms with Crippen LogP contribution >= 0.6 is 0 Å². The van der Waals surface area contributed by atoms with Crippen LogP contribution in [0.2, 0.25) is 0 Å². The predicted octanol–water partition coefficient (Wildman–Crippen LogP) is 6.03. The van der Waals surface area contributed by atoms with Crippen LogP contribution in [0.5, 0.6) is 0 Å². The standard InChI is InChI=1S/C18H36O2/c1-4-7-10-12-15-17(14-9-6-3)20-18(19)16-13-11-8-5-2/h17H,4-16H2,1-3H3. The average molecular weight is 284 g/mol. The van der Waals surface area contributed by atoms with Gasteiger partial charge in [-0.2, -0.15) is 0 Å². The summed E-state index contributed by atoms with van der Waals surface area (Å²) in [5.74, 6) is 0.0256. The van der Waals surface area contributed by atoms with Crippen LogP contribution in [0.1, 0.15) is 104 Å². The van der Waals surface area contributed by atoms with E-state index < -0.39 is 0 Å². The zero-order valence-electron chi connectivity index (χ0n) is 14.1. The molecule has 0 aliphatic heterocycles. The zero-order valence-corrected chi connectivity index (χ0v) is 14.1. The van der Waals surface area contributed by atoms with Gasteiger partial charge in [0.15, 0.2) is 0 Å². The molecular formula is C18H36O2. The monoisotopic (exact) mass is 284 g/mol. The maximum Gasteiger partial charge on any atom is 0.306 e. The van der Waals surface area contributed by atoms with E-state index in [1.54, 1.807) is 0 Å². The number of unbranched alkanes of at least 4 members (excludes halogenated alkanes) is 7. The maximum atomic E-state index is 11.8. The molecule has 0 heterocycles. The van der Waals surface area contributed by atoms with Crippen molar-refractivity contribution in [3.05, 3.63) is 0 Å². The van der Waals surface area contributed by atoms with Crippen LogP contribution in [0.3, 0.4) is 0 Å². The normalized spacial score (nSPS) is 12.3. The fraction of sp³-hybridized carbons (Fsp3) is 0.944. The number of esters is 1. The lowest BCUT2D eigenvalue weighted by atomic mass is 10.0. The summed E-state index contributed by atoms with van der Waals surface area (Å²) in [6, 6.07) is 0. The van der Waals surface area contributed by atoms with Gasteiger partial charge in [-0.25, -0.2) is 0 Å². The van der Waals surface area contributed by atoms with E-state index in [-0.39, 0.29) is 12.1 Å². The fourth-order valence-electron chi connectivity index (χ4n) is 2.43. The Bertz CT molecular complexity index is 213. The molecule has 0 aromatic rings. The highest BCUT2D eigenvalue weighted by Gasteiger charge is 2.13. The summed E-state index contributed by atoms with van der Waals surface area (Å²) in [5.41, 5.74) is 0. The molecule has 0 aliphatic rings. The Labute approximate surface area is 126 Å². The summed E-state index contributed by atoms with van der Waals surface area (Å²) in [7, 11) is 0. The Morgan fingerprint density at radius 2 is 1.30 bits per heavy atom. The van der Waals surface area contributed by atoms with Gasteiger partial charge in [0.1, 0.15) is 6.10 Å². The summed E-state index contributed by atoms with van der Waals surface area (Å²) in [5, 5.41) is 0. The highest BCUT2D eigenvalue weighted by molar-refractivity contribution is 5.69. The van der Waals surface area contributed by atoms with Crippen molar-refractivity contribution in [1.29, 1.82) is 0 Å². The summed E-state index contributed by atoms with van der Waals surface area (Å²) in [4.78, 5) is 11.8. The minimum absolute atomic E-state index is 0.0256. The van der Waals surface area contributed by atoms with Crippen molar-refractivity contribution in [2.24, 2.45) is 0 Å². The molecule has 0 amide bonds. The van der Waals surface area contributed by atoms with Crippen LogP contribution < -0.4 is 0 Å². The first-order valence-corrected chi connectivity index (χ1v) is 8.94. The molecular weight excluding hydrogens is 248 g/mol. The van der Waals surface area contributed by atoms with Crippen molar-refractivity contribution in [3.8, 4) is 0 Å². The molecule has 0 radical (unpaired) electrons.